The highest BCUT2D eigenvalue weighted by atomic mass is 79.9. The van der Waals surface area contributed by atoms with Crippen molar-refractivity contribution < 1.29 is 9.90 Å². The van der Waals surface area contributed by atoms with Crippen molar-refractivity contribution in [3.05, 3.63) is 39.3 Å². The number of thiazole rings is 1. The maximum Gasteiger partial charge on any atom is 0.347 e. The van der Waals surface area contributed by atoms with E-state index in [-0.39, 0.29) is 5.92 Å². The Kier molecular flexibility index (Phi) is 3.82. The number of hydrogen-bond acceptors (Lipinski definition) is 3. The van der Waals surface area contributed by atoms with Gasteiger partial charge in [-0.25, -0.2) is 9.78 Å². The Balaban J connectivity index is 2.49. The molecule has 0 aliphatic heterocycles. The molecule has 2 rings (SSSR count). The zero-order chi connectivity index (χ0) is 13.3. The fourth-order valence-corrected chi connectivity index (χ4v) is 2.92. The summed E-state index contributed by atoms with van der Waals surface area (Å²) in [5.74, 6) is -0.795. The fourth-order valence-electron chi connectivity index (χ4n) is 1.59. The van der Waals surface area contributed by atoms with Gasteiger partial charge >= 0.3 is 5.97 Å². The summed E-state index contributed by atoms with van der Waals surface area (Å²) in [6.07, 6.45) is 0. The zero-order valence-corrected chi connectivity index (χ0v) is 12.4. The molecule has 3 nitrogen and oxygen atoms in total. The van der Waals surface area contributed by atoms with Gasteiger partial charge in [0.15, 0.2) is 0 Å². The molecule has 0 bridgehead atoms. The molecule has 0 fully saturated rings. The molecular weight excluding hydrogens is 314 g/mol. The minimum Gasteiger partial charge on any atom is -0.477 e. The molecule has 0 saturated carbocycles. The largest absolute Gasteiger partial charge is 0.477 e. The highest BCUT2D eigenvalue weighted by Gasteiger charge is 2.20. The van der Waals surface area contributed by atoms with E-state index in [9.17, 15) is 9.90 Å². The first-order valence-electron chi connectivity index (χ1n) is 5.49. The van der Waals surface area contributed by atoms with Gasteiger partial charge in [0.25, 0.3) is 0 Å². The van der Waals surface area contributed by atoms with Crippen LogP contribution in [0.5, 0.6) is 0 Å². The lowest BCUT2D eigenvalue weighted by Crippen LogP contribution is -2.00. The van der Waals surface area contributed by atoms with Crippen molar-refractivity contribution >= 4 is 33.2 Å². The number of aromatic carboxylic acids is 1. The van der Waals surface area contributed by atoms with Gasteiger partial charge in [-0.1, -0.05) is 41.9 Å². The van der Waals surface area contributed by atoms with Crippen LogP contribution in [0.4, 0.5) is 0 Å². The van der Waals surface area contributed by atoms with Gasteiger partial charge in [-0.2, -0.15) is 0 Å². The zero-order valence-electron chi connectivity index (χ0n) is 9.98. The number of carboxylic acids is 1. The third kappa shape index (κ3) is 2.62. The number of rotatable bonds is 3. The van der Waals surface area contributed by atoms with Crippen LogP contribution in [0.25, 0.3) is 10.6 Å². The second kappa shape index (κ2) is 5.20. The Labute approximate surface area is 118 Å². The van der Waals surface area contributed by atoms with E-state index >= 15 is 0 Å². The first-order valence-corrected chi connectivity index (χ1v) is 7.10. The van der Waals surface area contributed by atoms with E-state index in [0.29, 0.717) is 10.6 Å². The minimum absolute atomic E-state index is 0.108. The van der Waals surface area contributed by atoms with Crippen molar-refractivity contribution in [2.75, 3.05) is 0 Å². The predicted molar refractivity (Wildman–Crippen MR) is 76.3 cm³/mol. The summed E-state index contributed by atoms with van der Waals surface area (Å²) < 4.78 is 0.991. The van der Waals surface area contributed by atoms with E-state index in [2.05, 4.69) is 20.9 Å². The van der Waals surface area contributed by atoms with Crippen LogP contribution in [0.15, 0.2) is 28.7 Å². The molecule has 18 heavy (non-hydrogen) atoms. The smallest absolute Gasteiger partial charge is 0.347 e. The molecular formula is C13H12BrNO2S. The van der Waals surface area contributed by atoms with Crippen molar-refractivity contribution in [1.29, 1.82) is 0 Å². The Morgan fingerprint density at radius 1 is 1.33 bits per heavy atom. The van der Waals surface area contributed by atoms with Crippen LogP contribution in [0.3, 0.4) is 0 Å². The molecule has 1 aromatic carbocycles. The second-order valence-corrected chi connectivity index (χ2v) is 6.11. The minimum atomic E-state index is -0.903. The van der Waals surface area contributed by atoms with Crippen molar-refractivity contribution in [2.45, 2.75) is 19.8 Å². The van der Waals surface area contributed by atoms with E-state index in [0.717, 1.165) is 15.0 Å². The van der Waals surface area contributed by atoms with Crippen molar-refractivity contribution in [3.63, 3.8) is 0 Å². The molecule has 94 valence electrons. The number of benzene rings is 1. The summed E-state index contributed by atoms with van der Waals surface area (Å²) in [7, 11) is 0. The summed E-state index contributed by atoms with van der Waals surface area (Å²) in [6.45, 7) is 3.90. The fraction of sp³-hybridized carbons (Fsp3) is 0.231. The number of halogens is 1. The lowest BCUT2D eigenvalue weighted by atomic mass is 10.1. The first-order chi connectivity index (χ1) is 8.49. The molecule has 1 aromatic heterocycles. The Hall–Kier alpha value is -1.20. The number of carboxylic acid groups (broad SMARTS) is 1. The lowest BCUT2D eigenvalue weighted by molar-refractivity contribution is 0.0700. The summed E-state index contributed by atoms with van der Waals surface area (Å²) in [6, 6.07) is 7.70. The average Bonchev–Trinajstić information content (AvgIpc) is 2.75. The summed E-state index contributed by atoms with van der Waals surface area (Å²) in [5, 5.41) is 9.94. The molecule has 1 heterocycles. The molecule has 0 aliphatic carbocycles. The van der Waals surface area contributed by atoms with Crippen LogP contribution in [-0.4, -0.2) is 16.1 Å². The molecule has 1 N–H and O–H groups in total. The monoisotopic (exact) mass is 325 g/mol. The Morgan fingerprint density at radius 3 is 2.39 bits per heavy atom. The normalized spacial score (nSPS) is 10.9. The number of nitrogens with zero attached hydrogens (tertiary/aromatic N) is 1. The predicted octanol–water partition coefficient (Wildman–Crippen LogP) is 4.39. The van der Waals surface area contributed by atoms with Gasteiger partial charge < -0.3 is 5.11 Å². The summed E-state index contributed by atoms with van der Waals surface area (Å²) >= 11 is 4.60. The molecule has 0 atom stereocenters. The molecule has 5 heteroatoms. The number of carbonyl (C=O) groups is 1. The van der Waals surface area contributed by atoms with E-state index in [1.165, 1.54) is 11.3 Å². The van der Waals surface area contributed by atoms with E-state index < -0.39 is 5.97 Å². The molecule has 0 amide bonds. The van der Waals surface area contributed by atoms with Crippen LogP contribution >= 0.6 is 27.3 Å². The van der Waals surface area contributed by atoms with Gasteiger partial charge in [0, 0.05) is 10.0 Å². The van der Waals surface area contributed by atoms with Crippen LogP contribution in [-0.2, 0) is 0 Å². The van der Waals surface area contributed by atoms with Gasteiger partial charge in [-0.05, 0) is 18.1 Å². The van der Waals surface area contributed by atoms with Crippen LogP contribution in [0, 0.1) is 0 Å². The third-order valence-electron chi connectivity index (χ3n) is 2.49. The molecule has 0 radical (unpaired) electrons. The molecule has 0 aliphatic rings. The van der Waals surface area contributed by atoms with Crippen LogP contribution in [0.2, 0.25) is 0 Å². The van der Waals surface area contributed by atoms with Gasteiger partial charge in [0.1, 0.15) is 9.88 Å². The van der Waals surface area contributed by atoms with Gasteiger partial charge in [0.2, 0.25) is 0 Å². The van der Waals surface area contributed by atoms with Crippen molar-refractivity contribution in [1.82, 2.24) is 4.98 Å². The van der Waals surface area contributed by atoms with Gasteiger partial charge in [-0.3, -0.25) is 0 Å². The molecule has 0 saturated heterocycles. The number of aromatic nitrogens is 1. The van der Waals surface area contributed by atoms with E-state index in [4.69, 9.17) is 0 Å². The highest BCUT2D eigenvalue weighted by Crippen LogP contribution is 2.32. The van der Waals surface area contributed by atoms with E-state index in [1.54, 1.807) is 0 Å². The highest BCUT2D eigenvalue weighted by molar-refractivity contribution is 9.10. The lowest BCUT2D eigenvalue weighted by Gasteiger charge is -2.00. The quantitative estimate of drug-likeness (QED) is 0.910. The Bertz CT molecular complexity index is 575. The molecule has 0 spiro atoms. The SMILES string of the molecule is CC(C)c1nc(-c2ccc(Br)cc2)sc1C(=O)O. The summed E-state index contributed by atoms with van der Waals surface area (Å²) in [4.78, 5) is 16.0. The van der Waals surface area contributed by atoms with Crippen LogP contribution < -0.4 is 0 Å². The first kappa shape index (κ1) is 13.2. The second-order valence-electron chi connectivity index (χ2n) is 4.20. The van der Waals surface area contributed by atoms with Crippen molar-refractivity contribution in [3.8, 4) is 10.6 Å². The average molecular weight is 326 g/mol. The third-order valence-corrected chi connectivity index (χ3v) is 4.12. The number of hydrogen-bond donors (Lipinski definition) is 1. The Morgan fingerprint density at radius 2 is 1.94 bits per heavy atom. The van der Waals surface area contributed by atoms with Gasteiger partial charge in [0.05, 0.1) is 5.69 Å². The maximum atomic E-state index is 11.2. The van der Waals surface area contributed by atoms with E-state index in [1.807, 2.05) is 38.1 Å². The summed E-state index contributed by atoms with van der Waals surface area (Å²) in [5.41, 5.74) is 1.60. The maximum absolute atomic E-state index is 11.2. The van der Waals surface area contributed by atoms with Crippen LogP contribution in [0.1, 0.15) is 35.1 Å². The molecule has 2 aromatic rings. The van der Waals surface area contributed by atoms with Gasteiger partial charge in [-0.15, -0.1) is 11.3 Å². The van der Waals surface area contributed by atoms with Crippen molar-refractivity contribution in [2.24, 2.45) is 0 Å². The molecule has 0 unspecified atom stereocenters. The topological polar surface area (TPSA) is 50.2 Å². The standard InChI is InChI=1S/C13H12BrNO2S/c1-7(2)10-11(13(16)17)18-12(15-10)8-3-5-9(14)6-4-8/h3-7H,1-2H3,(H,16,17).